The summed E-state index contributed by atoms with van der Waals surface area (Å²) in [6.45, 7) is 1.82. The summed E-state index contributed by atoms with van der Waals surface area (Å²) >= 11 is 1.20. The maximum atomic E-state index is 12.1. The van der Waals surface area contributed by atoms with Gasteiger partial charge in [0.15, 0.2) is 5.82 Å². The number of nitrogens with zero attached hydrogens (tertiary/aromatic N) is 3. The number of ether oxygens (including phenoxy) is 1. The van der Waals surface area contributed by atoms with Gasteiger partial charge in [-0.3, -0.25) is 4.79 Å². The molecule has 3 N–H and O–H groups in total. The summed E-state index contributed by atoms with van der Waals surface area (Å²) in [5, 5.41) is 11.3. The van der Waals surface area contributed by atoms with Gasteiger partial charge in [-0.25, -0.2) is 4.68 Å². The minimum atomic E-state index is -0.178. The van der Waals surface area contributed by atoms with Crippen molar-refractivity contribution in [1.29, 1.82) is 0 Å². The zero-order valence-corrected chi connectivity index (χ0v) is 14.5. The maximum Gasteiger partial charge on any atom is 0.234 e. The quantitative estimate of drug-likeness (QED) is 0.513. The van der Waals surface area contributed by atoms with E-state index in [1.807, 2.05) is 6.92 Å². The highest BCUT2D eigenvalue weighted by atomic mass is 32.2. The summed E-state index contributed by atoms with van der Waals surface area (Å²) in [6.07, 6.45) is 1.56. The number of nitrogen functional groups attached to an aromatic ring is 1. The highest BCUT2D eigenvalue weighted by Crippen LogP contribution is 2.25. The highest BCUT2D eigenvalue weighted by Gasteiger charge is 2.16. The number of carbonyl (C=O) groups is 1. The molecule has 3 aromatic rings. The van der Waals surface area contributed by atoms with Gasteiger partial charge < -0.3 is 20.3 Å². The van der Waals surface area contributed by atoms with Gasteiger partial charge in [-0.15, -0.1) is 10.2 Å². The Morgan fingerprint density at radius 1 is 1.40 bits per heavy atom. The van der Waals surface area contributed by atoms with E-state index in [1.165, 1.54) is 16.4 Å². The van der Waals surface area contributed by atoms with Crippen molar-refractivity contribution in [2.45, 2.75) is 12.1 Å². The van der Waals surface area contributed by atoms with Crippen LogP contribution in [0.4, 0.5) is 5.69 Å². The van der Waals surface area contributed by atoms with E-state index in [-0.39, 0.29) is 11.7 Å². The van der Waals surface area contributed by atoms with Crippen LogP contribution in [0.5, 0.6) is 5.75 Å². The number of aryl methyl sites for hydroxylation is 1. The molecule has 0 atom stereocenters. The minimum Gasteiger partial charge on any atom is -0.497 e. The van der Waals surface area contributed by atoms with Crippen molar-refractivity contribution >= 4 is 23.4 Å². The smallest absolute Gasteiger partial charge is 0.234 e. The van der Waals surface area contributed by atoms with Gasteiger partial charge in [0.05, 0.1) is 24.7 Å². The first-order valence-electron chi connectivity index (χ1n) is 7.40. The molecule has 0 aliphatic heterocycles. The van der Waals surface area contributed by atoms with Gasteiger partial charge in [0.25, 0.3) is 0 Å². The first kappa shape index (κ1) is 16.9. The van der Waals surface area contributed by atoms with Crippen molar-refractivity contribution in [3.63, 3.8) is 0 Å². The molecule has 0 radical (unpaired) electrons. The van der Waals surface area contributed by atoms with E-state index >= 15 is 0 Å². The zero-order valence-electron chi connectivity index (χ0n) is 13.7. The minimum absolute atomic E-state index is 0.150. The lowest BCUT2D eigenvalue weighted by atomic mass is 10.2. The molecule has 1 amide bonds. The molecule has 0 saturated heterocycles. The molecule has 3 rings (SSSR count). The van der Waals surface area contributed by atoms with E-state index in [2.05, 4.69) is 15.5 Å². The number of anilines is 1. The molecule has 0 aliphatic rings. The number of hydrogen-bond donors (Lipinski definition) is 2. The highest BCUT2D eigenvalue weighted by molar-refractivity contribution is 7.99. The summed E-state index contributed by atoms with van der Waals surface area (Å²) in [4.78, 5) is 12.1. The molecule has 0 saturated carbocycles. The van der Waals surface area contributed by atoms with Crippen molar-refractivity contribution in [1.82, 2.24) is 14.9 Å². The Bertz CT molecular complexity index is 890. The number of carbonyl (C=O) groups excluding carboxylic acids is 1. The van der Waals surface area contributed by atoms with Crippen LogP contribution in [-0.2, 0) is 4.79 Å². The topological polar surface area (TPSA) is 108 Å². The third-order valence-electron chi connectivity index (χ3n) is 3.45. The first-order valence-corrected chi connectivity index (χ1v) is 8.38. The van der Waals surface area contributed by atoms with Crippen LogP contribution in [0.2, 0.25) is 0 Å². The Morgan fingerprint density at radius 2 is 2.24 bits per heavy atom. The number of aromatic nitrogens is 3. The fourth-order valence-corrected chi connectivity index (χ4v) is 2.86. The van der Waals surface area contributed by atoms with Gasteiger partial charge in [-0.2, -0.15) is 0 Å². The van der Waals surface area contributed by atoms with Crippen LogP contribution in [0, 0.1) is 6.92 Å². The molecule has 2 aromatic heterocycles. The first-order chi connectivity index (χ1) is 12.1. The average Bonchev–Trinajstić information content (AvgIpc) is 3.18. The fourth-order valence-electron chi connectivity index (χ4n) is 2.20. The van der Waals surface area contributed by atoms with Crippen molar-refractivity contribution in [3.05, 3.63) is 42.4 Å². The van der Waals surface area contributed by atoms with Gasteiger partial charge >= 0.3 is 0 Å². The molecule has 25 heavy (non-hydrogen) atoms. The van der Waals surface area contributed by atoms with E-state index < -0.39 is 0 Å². The predicted octanol–water partition coefficient (Wildman–Crippen LogP) is 2.30. The van der Waals surface area contributed by atoms with Crippen LogP contribution in [0.25, 0.3) is 11.4 Å². The molecule has 0 unspecified atom stereocenters. The Balaban J connectivity index is 1.63. The monoisotopic (exact) mass is 359 g/mol. The zero-order chi connectivity index (χ0) is 17.8. The number of furan rings is 1. The molecule has 130 valence electrons. The third kappa shape index (κ3) is 3.77. The molecular formula is C16H17N5O3S. The predicted molar refractivity (Wildman–Crippen MR) is 95.0 cm³/mol. The van der Waals surface area contributed by atoms with Crippen LogP contribution in [-0.4, -0.2) is 33.6 Å². The summed E-state index contributed by atoms with van der Waals surface area (Å²) in [7, 11) is 1.57. The molecule has 8 nitrogen and oxygen atoms in total. The molecular weight excluding hydrogens is 342 g/mol. The summed E-state index contributed by atoms with van der Waals surface area (Å²) in [5.41, 5.74) is 1.43. The standard InChI is InChI=1S/C16H17N5O3S/c1-10-13(6-7-24-10)15-19-20-16(21(15)17)25-9-14(22)18-11-4-3-5-12(8-11)23-2/h3-8H,9,17H2,1-2H3,(H,18,22). The van der Waals surface area contributed by atoms with Crippen LogP contribution in [0.1, 0.15) is 5.76 Å². The second-order valence-corrected chi connectivity index (χ2v) is 6.08. The number of nitrogens with one attached hydrogen (secondary N) is 1. The van der Waals surface area contributed by atoms with E-state index in [1.54, 1.807) is 43.7 Å². The average molecular weight is 359 g/mol. The van der Waals surface area contributed by atoms with Gasteiger partial charge in [-0.05, 0) is 25.1 Å². The molecule has 1 aromatic carbocycles. The van der Waals surface area contributed by atoms with Crippen molar-refractivity contribution in [3.8, 4) is 17.1 Å². The van der Waals surface area contributed by atoms with Gasteiger partial charge in [0.2, 0.25) is 11.1 Å². The lowest BCUT2D eigenvalue weighted by Gasteiger charge is -2.07. The lowest BCUT2D eigenvalue weighted by molar-refractivity contribution is -0.113. The van der Waals surface area contributed by atoms with Crippen molar-refractivity contribution in [2.75, 3.05) is 24.0 Å². The lowest BCUT2D eigenvalue weighted by Crippen LogP contribution is -2.16. The Kier molecular flexibility index (Phi) is 4.94. The molecule has 9 heteroatoms. The Morgan fingerprint density at radius 3 is 2.96 bits per heavy atom. The number of nitrogens with two attached hydrogens (primary N) is 1. The number of hydrogen-bond acceptors (Lipinski definition) is 7. The number of rotatable bonds is 6. The SMILES string of the molecule is COc1cccc(NC(=O)CSc2nnc(-c3ccoc3C)n2N)c1. The van der Waals surface area contributed by atoms with Crippen molar-refractivity contribution < 1.29 is 13.9 Å². The van der Waals surface area contributed by atoms with E-state index in [0.29, 0.717) is 28.2 Å². The Hall–Kier alpha value is -2.94. The largest absolute Gasteiger partial charge is 0.497 e. The second kappa shape index (κ2) is 7.31. The van der Waals surface area contributed by atoms with Crippen LogP contribution in [0.3, 0.4) is 0 Å². The number of thioether (sulfide) groups is 1. The van der Waals surface area contributed by atoms with Gasteiger partial charge in [-0.1, -0.05) is 17.8 Å². The number of benzene rings is 1. The maximum absolute atomic E-state index is 12.1. The third-order valence-corrected chi connectivity index (χ3v) is 4.39. The normalized spacial score (nSPS) is 10.6. The van der Waals surface area contributed by atoms with E-state index in [9.17, 15) is 4.79 Å². The van der Waals surface area contributed by atoms with Crippen molar-refractivity contribution in [2.24, 2.45) is 0 Å². The van der Waals surface area contributed by atoms with Crippen LogP contribution >= 0.6 is 11.8 Å². The fraction of sp³-hybridized carbons (Fsp3) is 0.188. The van der Waals surface area contributed by atoms with Crippen LogP contribution in [0.15, 0.2) is 46.2 Å². The second-order valence-electron chi connectivity index (χ2n) is 5.14. The summed E-state index contributed by atoms with van der Waals surface area (Å²) in [6, 6.07) is 8.91. The summed E-state index contributed by atoms with van der Waals surface area (Å²) < 4.78 is 11.7. The van der Waals surface area contributed by atoms with Gasteiger partial charge in [0.1, 0.15) is 11.5 Å². The number of amides is 1. The molecule has 0 aliphatic carbocycles. The molecule has 0 spiro atoms. The molecule has 0 bridgehead atoms. The molecule has 0 fully saturated rings. The summed E-state index contributed by atoms with van der Waals surface area (Å²) in [5.74, 6) is 7.85. The van der Waals surface area contributed by atoms with Gasteiger partial charge in [0, 0.05) is 11.8 Å². The Labute approximate surface area is 148 Å². The van der Waals surface area contributed by atoms with E-state index in [0.717, 1.165) is 5.56 Å². The van der Waals surface area contributed by atoms with E-state index in [4.69, 9.17) is 15.0 Å². The number of methoxy groups -OCH3 is 1. The van der Waals surface area contributed by atoms with Crippen LogP contribution < -0.4 is 15.9 Å². The molecule has 2 heterocycles.